The summed E-state index contributed by atoms with van der Waals surface area (Å²) in [6, 6.07) is 13.1. The van der Waals surface area contributed by atoms with E-state index in [1.807, 2.05) is 56.4 Å². The molecule has 5 nitrogen and oxygen atoms in total. The number of halogens is 1. The predicted octanol–water partition coefficient (Wildman–Crippen LogP) is 4.86. The van der Waals surface area contributed by atoms with Gasteiger partial charge in [0.25, 0.3) is 0 Å². The summed E-state index contributed by atoms with van der Waals surface area (Å²) in [5.41, 5.74) is 4.93. The fraction of sp³-hybridized carbons (Fsp3) is 0.143. The van der Waals surface area contributed by atoms with E-state index >= 15 is 0 Å². The van der Waals surface area contributed by atoms with Crippen molar-refractivity contribution in [3.63, 3.8) is 0 Å². The lowest BCUT2D eigenvalue weighted by Crippen LogP contribution is -2.07. The van der Waals surface area contributed by atoms with Crippen molar-refractivity contribution in [1.82, 2.24) is 9.78 Å². The van der Waals surface area contributed by atoms with Crippen LogP contribution >= 0.6 is 11.6 Å². The largest absolute Gasteiger partial charge is 0.422 e. The average Bonchev–Trinajstić information content (AvgIpc) is 3.17. The van der Waals surface area contributed by atoms with Gasteiger partial charge in [0, 0.05) is 36.1 Å². The van der Waals surface area contributed by atoms with E-state index in [1.165, 1.54) is 6.07 Å². The lowest BCUT2D eigenvalue weighted by molar-refractivity contribution is 0.556. The van der Waals surface area contributed by atoms with E-state index in [0.29, 0.717) is 17.2 Å². The maximum Gasteiger partial charge on any atom is 0.336 e. The topological polar surface area (TPSA) is 60.1 Å². The number of nitrogens with one attached hydrogen (secondary N) is 1. The fourth-order valence-corrected chi connectivity index (χ4v) is 3.35. The fourth-order valence-electron chi connectivity index (χ4n) is 3.08. The van der Waals surface area contributed by atoms with Crippen molar-refractivity contribution in [1.29, 1.82) is 0 Å². The van der Waals surface area contributed by atoms with Crippen LogP contribution in [0.1, 0.15) is 16.7 Å². The molecule has 1 N–H and O–H groups in total. The van der Waals surface area contributed by atoms with Gasteiger partial charge < -0.3 is 9.73 Å². The van der Waals surface area contributed by atoms with E-state index in [2.05, 4.69) is 10.4 Å². The Kier molecular flexibility index (Phi) is 4.46. The van der Waals surface area contributed by atoms with E-state index in [1.54, 1.807) is 10.9 Å². The molecular weight excluding hydrogens is 362 g/mol. The number of nitrogens with zero attached hydrogens (tertiary/aromatic N) is 2. The molecule has 0 aliphatic carbocycles. The SMILES string of the molecule is Cc1ccc2c(CNc3ccc(-n4cccn4)c(Cl)c3)cc(=O)oc2c1C. The zero-order valence-corrected chi connectivity index (χ0v) is 15.7. The Hall–Kier alpha value is -3.05. The van der Waals surface area contributed by atoms with Crippen LogP contribution in [0.2, 0.25) is 5.02 Å². The molecule has 4 aromatic rings. The molecule has 0 atom stereocenters. The van der Waals surface area contributed by atoms with Crippen molar-refractivity contribution < 1.29 is 4.42 Å². The second-order valence-electron chi connectivity index (χ2n) is 6.45. The highest BCUT2D eigenvalue weighted by atomic mass is 35.5. The summed E-state index contributed by atoms with van der Waals surface area (Å²) in [6.07, 6.45) is 3.55. The Labute approximate surface area is 161 Å². The molecule has 0 saturated carbocycles. The first-order valence-electron chi connectivity index (χ1n) is 8.59. The number of hydrogen-bond donors (Lipinski definition) is 1. The molecule has 0 bridgehead atoms. The minimum atomic E-state index is -0.347. The van der Waals surface area contributed by atoms with Crippen LogP contribution in [-0.4, -0.2) is 9.78 Å². The number of fused-ring (bicyclic) bond motifs is 1. The number of aromatic nitrogens is 2. The predicted molar refractivity (Wildman–Crippen MR) is 108 cm³/mol. The van der Waals surface area contributed by atoms with Gasteiger partial charge in [-0.3, -0.25) is 0 Å². The molecule has 0 amide bonds. The lowest BCUT2D eigenvalue weighted by Gasteiger charge is -2.12. The molecule has 0 radical (unpaired) electrons. The normalized spacial score (nSPS) is 11.1. The van der Waals surface area contributed by atoms with Gasteiger partial charge in [-0.1, -0.05) is 23.7 Å². The maximum atomic E-state index is 12.0. The van der Waals surface area contributed by atoms with Gasteiger partial charge in [-0.15, -0.1) is 0 Å². The third kappa shape index (κ3) is 3.34. The zero-order chi connectivity index (χ0) is 19.0. The van der Waals surface area contributed by atoms with Crippen molar-refractivity contribution in [2.24, 2.45) is 0 Å². The van der Waals surface area contributed by atoms with E-state index in [0.717, 1.165) is 33.5 Å². The van der Waals surface area contributed by atoms with Gasteiger partial charge in [-0.05, 0) is 54.8 Å². The highest BCUT2D eigenvalue weighted by Crippen LogP contribution is 2.26. The monoisotopic (exact) mass is 379 g/mol. The van der Waals surface area contributed by atoms with Gasteiger partial charge in [0.1, 0.15) is 5.58 Å². The first kappa shape index (κ1) is 17.4. The number of aryl methyl sites for hydroxylation is 2. The Morgan fingerprint density at radius 3 is 2.78 bits per heavy atom. The van der Waals surface area contributed by atoms with Crippen LogP contribution in [-0.2, 0) is 6.54 Å². The second-order valence-corrected chi connectivity index (χ2v) is 6.85. The Morgan fingerprint density at radius 1 is 1.19 bits per heavy atom. The van der Waals surface area contributed by atoms with Crippen molar-refractivity contribution >= 4 is 28.3 Å². The van der Waals surface area contributed by atoms with Gasteiger partial charge in [0.05, 0.1) is 10.7 Å². The summed E-state index contributed by atoms with van der Waals surface area (Å²) in [5, 5.41) is 9.05. The first-order valence-corrected chi connectivity index (χ1v) is 8.97. The third-order valence-electron chi connectivity index (χ3n) is 4.70. The molecule has 2 aromatic heterocycles. The summed E-state index contributed by atoms with van der Waals surface area (Å²) in [5.74, 6) is 0. The molecule has 0 fully saturated rings. The Bertz CT molecular complexity index is 1180. The molecule has 136 valence electrons. The number of hydrogen-bond acceptors (Lipinski definition) is 4. The molecule has 27 heavy (non-hydrogen) atoms. The summed E-state index contributed by atoms with van der Waals surface area (Å²) in [4.78, 5) is 12.0. The van der Waals surface area contributed by atoms with Crippen LogP contribution in [0.5, 0.6) is 0 Å². The summed E-state index contributed by atoms with van der Waals surface area (Å²) in [6.45, 7) is 4.45. The molecule has 0 spiro atoms. The van der Waals surface area contributed by atoms with Crippen LogP contribution < -0.4 is 10.9 Å². The van der Waals surface area contributed by atoms with Crippen LogP contribution in [0.15, 0.2) is 64.1 Å². The molecule has 4 rings (SSSR count). The standard InChI is InChI=1S/C21H18ClN3O2/c1-13-4-6-17-15(10-20(26)27-21(17)14(13)2)12-23-16-5-7-19(18(22)11-16)25-9-3-8-24-25/h3-11,23H,12H2,1-2H3. The third-order valence-corrected chi connectivity index (χ3v) is 5.00. The van der Waals surface area contributed by atoms with Gasteiger partial charge in [0.2, 0.25) is 0 Å². The highest BCUT2D eigenvalue weighted by Gasteiger charge is 2.10. The quantitative estimate of drug-likeness (QED) is 0.514. The van der Waals surface area contributed by atoms with Crippen LogP contribution in [0.4, 0.5) is 5.69 Å². The van der Waals surface area contributed by atoms with Gasteiger partial charge >= 0.3 is 5.63 Å². The molecule has 0 unspecified atom stereocenters. The average molecular weight is 380 g/mol. The molecular formula is C21H18ClN3O2. The molecule has 2 aromatic carbocycles. The van der Waals surface area contributed by atoms with Crippen LogP contribution in [0.25, 0.3) is 16.7 Å². The van der Waals surface area contributed by atoms with Crippen LogP contribution in [0.3, 0.4) is 0 Å². The molecule has 0 aliphatic heterocycles. The van der Waals surface area contributed by atoms with Crippen molar-refractivity contribution in [3.8, 4) is 5.69 Å². The van der Waals surface area contributed by atoms with Gasteiger partial charge in [0.15, 0.2) is 0 Å². The van der Waals surface area contributed by atoms with E-state index < -0.39 is 0 Å². The number of benzene rings is 2. The summed E-state index contributed by atoms with van der Waals surface area (Å²) >= 11 is 6.40. The summed E-state index contributed by atoms with van der Waals surface area (Å²) < 4.78 is 7.14. The van der Waals surface area contributed by atoms with Crippen molar-refractivity contribution in [2.45, 2.75) is 20.4 Å². The zero-order valence-electron chi connectivity index (χ0n) is 15.0. The van der Waals surface area contributed by atoms with Crippen LogP contribution in [0, 0.1) is 13.8 Å². The van der Waals surface area contributed by atoms with Gasteiger partial charge in [-0.2, -0.15) is 5.10 Å². The van der Waals surface area contributed by atoms with Gasteiger partial charge in [-0.25, -0.2) is 9.48 Å². The van der Waals surface area contributed by atoms with Crippen molar-refractivity contribution in [2.75, 3.05) is 5.32 Å². The first-order chi connectivity index (χ1) is 13.0. The number of anilines is 1. The Morgan fingerprint density at radius 2 is 2.04 bits per heavy atom. The Balaban J connectivity index is 1.63. The van der Waals surface area contributed by atoms with E-state index in [9.17, 15) is 4.79 Å². The molecule has 0 aliphatic rings. The van der Waals surface area contributed by atoms with Crippen molar-refractivity contribution in [3.05, 3.63) is 87.0 Å². The molecule has 2 heterocycles. The summed E-state index contributed by atoms with van der Waals surface area (Å²) in [7, 11) is 0. The molecule has 0 saturated heterocycles. The van der Waals surface area contributed by atoms with E-state index in [4.69, 9.17) is 16.0 Å². The lowest BCUT2D eigenvalue weighted by atomic mass is 10.0. The van der Waals surface area contributed by atoms with E-state index in [-0.39, 0.29) is 5.63 Å². The highest BCUT2D eigenvalue weighted by molar-refractivity contribution is 6.32. The number of rotatable bonds is 4. The minimum Gasteiger partial charge on any atom is -0.422 e. The maximum absolute atomic E-state index is 12.0. The smallest absolute Gasteiger partial charge is 0.336 e. The second kappa shape index (κ2) is 6.93. The molecule has 6 heteroatoms. The minimum absolute atomic E-state index is 0.347.